The summed E-state index contributed by atoms with van der Waals surface area (Å²) < 4.78 is 68.4. The van der Waals surface area contributed by atoms with Crippen LogP contribution in [0.25, 0.3) is 22.2 Å². The summed E-state index contributed by atoms with van der Waals surface area (Å²) >= 11 is 0. The fourth-order valence-electron chi connectivity index (χ4n) is 4.78. The normalized spacial score (nSPS) is 18.6. The van der Waals surface area contributed by atoms with E-state index in [9.17, 15) is 22.1 Å². The van der Waals surface area contributed by atoms with Gasteiger partial charge in [-0.3, -0.25) is 0 Å². The van der Waals surface area contributed by atoms with Gasteiger partial charge in [0, 0.05) is 42.5 Å². The highest BCUT2D eigenvalue weighted by atomic mass is 31.2. The van der Waals surface area contributed by atoms with Crippen molar-refractivity contribution in [1.29, 1.82) is 0 Å². The lowest BCUT2D eigenvalue weighted by atomic mass is 9.62. The quantitative estimate of drug-likeness (QED) is 0.396. The zero-order valence-electron chi connectivity index (χ0n) is 17.5. The van der Waals surface area contributed by atoms with Gasteiger partial charge in [0.1, 0.15) is 18.5 Å². The van der Waals surface area contributed by atoms with E-state index in [-0.39, 0.29) is 39.5 Å². The molecule has 1 aliphatic heterocycles. The molecule has 6 nitrogen and oxygen atoms in total. The van der Waals surface area contributed by atoms with Gasteiger partial charge >= 0.3 is 6.18 Å². The molecule has 3 N–H and O–H groups in total. The maximum absolute atomic E-state index is 14.4. The van der Waals surface area contributed by atoms with Crippen LogP contribution in [0.2, 0.25) is 0 Å². The third-order valence-electron chi connectivity index (χ3n) is 6.36. The smallest absolute Gasteiger partial charge is 0.360 e. The van der Waals surface area contributed by atoms with Gasteiger partial charge in [-0.1, -0.05) is 0 Å². The molecule has 32 heavy (non-hydrogen) atoms. The van der Waals surface area contributed by atoms with Crippen molar-refractivity contribution in [2.24, 2.45) is 5.41 Å². The second-order valence-electron chi connectivity index (χ2n) is 9.18. The predicted molar refractivity (Wildman–Crippen MR) is 115 cm³/mol. The molecule has 5 rings (SSSR count). The topological polar surface area (TPSA) is 82.7 Å². The molecule has 1 aromatic carbocycles. The molecule has 0 unspecified atom stereocenters. The number of alkyl halides is 3. The van der Waals surface area contributed by atoms with Crippen LogP contribution in [0.1, 0.15) is 18.4 Å². The average Bonchev–Trinajstić information content (AvgIpc) is 3.04. The maximum atomic E-state index is 14.4. The van der Waals surface area contributed by atoms with E-state index >= 15 is 0 Å². The number of aromatic nitrogens is 3. The number of rotatable bonds is 4. The number of H-pyrrole nitrogens is 1. The maximum Gasteiger partial charge on any atom is 0.419 e. The standard InChI is InChI=1S/C21H22F4N5OP/c1-32(2,31)18-15(22)4-3-12-13(7-27-17(12)18)16-14(21(23,24)25)8-28-19(30-16)29-11-5-20(6-11)9-26-10-20/h3-4,7-8,11,26-27H,5-6,9-10H2,1-2H3,(H,28,29,30). The van der Waals surface area contributed by atoms with Crippen molar-refractivity contribution in [2.75, 3.05) is 31.7 Å². The molecule has 170 valence electrons. The fourth-order valence-corrected chi connectivity index (χ4v) is 6.09. The zero-order valence-corrected chi connectivity index (χ0v) is 18.4. The van der Waals surface area contributed by atoms with Crippen LogP contribution in [0.15, 0.2) is 24.5 Å². The molecule has 2 fully saturated rings. The number of nitrogens with one attached hydrogen (secondary N) is 3. The second-order valence-corrected chi connectivity index (χ2v) is 12.3. The van der Waals surface area contributed by atoms with E-state index in [1.807, 2.05) is 0 Å². The Bertz CT molecular complexity index is 1250. The van der Waals surface area contributed by atoms with Crippen molar-refractivity contribution in [2.45, 2.75) is 25.1 Å². The van der Waals surface area contributed by atoms with E-state index in [4.69, 9.17) is 0 Å². The molecule has 1 saturated carbocycles. The molecule has 1 saturated heterocycles. The van der Waals surface area contributed by atoms with E-state index in [0.29, 0.717) is 5.39 Å². The Morgan fingerprint density at radius 2 is 1.94 bits per heavy atom. The van der Waals surface area contributed by atoms with Gasteiger partial charge in [-0.2, -0.15) is 13.2 Å². The van der Waals surface area contributed by atoms with Crippen LogP contribution >= 0.6 is 7.14 Å². The Kier molecular flexibility index (Phi) is 4.70. The number of hydrogen-bond donors (Lipinski definition) is 3. The highest BCUT2D eigenvalue weighted by molar-refractivity contribution is 7.70. The molecule has 0 amide bonds. The average molecular weight is 467 g/mol. The highest BCUT2D eigenvalue weighted by Crippen LogP contribution is 2.46. The summed E-state index contributed by atoms with van der Waals surface area (Å²) in [5.41, 5.74) is -0.633. The number of halogens is 4. The van der Waals surface area contributed by atoms with E-state index < -0.39 is 24.7 Å². The van der Waals surface area contributed by atoms with Crippen molar-refractivity contribution in [3.05, 3.63) is 35.9 Å². The van der Waals surface area contributed by atoms with E-state index in [1.165, 1.54) is 25.6 Å². The molecule has 3 heterocycles. The van der Waals surface area contributed by atoms with Gasteiger partial charge < -0.3 is 20.2 Å². The number of aromatic amines is 1. The summed E-state index contributed by atoms with van der Waals surface area (Å²) in [6.45, 7) is 4.75. The zero-order chi connectivity index (χ0) is 22.9. The van der Waals surface area contributed by atoms with Crippen LogP contribution in [-0.4, -0.2) is 47.4 Å². The molecular weight excluding hydrogens is 445 g/mol. The summed E-state index contributed by atoms with van der Waals surface area (Å²) in [4.78, 5) is 10.9. The van der Waals surface area contributed by atoms with Crippen molar-refractivity contribution in [1.82, 2.24) is 20.3 Å². The summed E-state index contributed by atoms with van der Waals surface area (Å²) in [7, 11) is -3.04. The number of hydrogen-bond acceptors (Lipinski definition) is 5. The minimum absolute atomic E-state index is 0.0175. The highest BCUT2D eigenvalue weighted by Gasteiger charge is 2.48. The van der Waals surface area contributed by atoms with Crippen molar-refractivity contribution >= 4 is 29.3 Å². The Balaban J connectivity index is 1.58. The van der Waals surface area contributed by atoms with Crippen LogP contribution in [0.4, 0.5) is 23.5 Å². The van der Waals surface area contributed by atoms with E-state index in [1.54, 1.807) is 0 Å². The third kappa shape index (κ3) is 3.49. The number of nitrogens with zero attached hydrogens (tertiary/aromatic N) is 2. The first kappa shape index (κ1) is 21.4. The van der Waals surface area contributed by atoms with Crippen LogP contribution in [-0.2, 0) is 10.7 Å². The van der Waals surface area contributed by atoms with Gasteiger partial charge in [0.05, 0.1) is 16.5 Å². The van der Waals surface area contributed by atoms with E-state index in [0.717, 1.165) is 38.2 Å². The first-order valence-electron chi connectivity index (χ1n) is 10.2. The molecule has 0 bridgehead atoms. The third-order valence-corrected chi connectivity index (χ3v) is 7.87. The largest absolute Gasteiger partial charge is 0.419 e. The van der Waals surface area contributed by atoms with Crippen molar-refractivity contribution < 1.29 is 22.1 Å². The van der Waals surface area contributed by atoms with Crippen molar-refractivity contribution in [3.63, 3.8) is 0 Å². The summed E-state index contributed by atoms with van der Waals surface area (Å²) in [5, 5.41) is 6.69. The summed E-state index contributed by atoms with van der Waals surface area (Å²) in [6, 6.07) is 2.61. The van der Waals surface area contributed by atoms with E-state index in [2.05, 4.69) is 25.6 Å². The minimum Gasteiger partial charge on any atom is -0.360 e. The number of anilines is 1. The second kappa shape index (κ2) is 7.02. The first-order chi connectivity index (χ1) is 15.0. The lowest BCUT2D eigenvalue weighted by molar-refractivity contribution is -0.137. The molecule has 11 heteroatoms. The predicted octanol–water partition coefficient (Wildman–Crippen LogP) is 4.19. The molecular formula is C21H22F4N5OP. The number of fused-ring (bicyclic) bond motifs is 1. The molecule has 2 aromatic heterocycles. The summed E-state index contributed by atoms with van der Waals surface area (Å²) in [6.07, 6.45) is -0.723. The van der Waals surface area contributed by atoms with Crippen molar-refractivity contribution in [3.8, 4) is 11.3 Å². The molecule has 0 radical (unpaired) electrons. The van der Waals surface area contributed by atoms with Crippen LogP contribution < -0.4 is 15.9 Å². The lowest BCUT2D eigenvalue weighted by Gasteiger charge is -2.54. The number of benzene rings is 1. The molecule has 1 aliphatic carbocycles. The van der Waals surface area contributed by atoms with Gasteiger partial charge in [0.2, 0.25) is 5.95 Å². The van der Waals surface area contributed by atoms with Gasteiger partial charge in [0.25, 0.3) is 0 Å². The molecule has 1 spiro atoms. The molecule has 0 atom stereocenters. The van der Waals surface area contributed by atoms with Crippen LogP contribution in [0.3, 0.4) is 0 Å². The molecule has 2 aliphatic rings. The van der Waals surface area contributed by atoms with Crippen LogP contribution in [0, 0.1) is 11.2 Å². The van der Waals surface area contributed by atoms with Crippen LogP contribution in [0.5, 0.6) is 0 Å². The first-order valence-corrected chi connectivity index (χ1v) is 12.8. The fraction of sp³-hybridized carbons (Fsp3) is 0.429. The van der Waals surface area contributed by atoms with Gasteiger partial charge in [-0.15, -0.1) is 0 Å². The monoisotopic (exact) mass is 467 g/mol. The SMILES string of the molecule is CP(C)(=O)c1c(F)ccc2c(-c3nc(NC4CC5(CNC5)C4)ncc3C(F)(F)F)c[nH]c12. The summed E-state index contributed by atoms with van der Waals surface area (Å²) in [5.74, 6) is -0.543. The van der Waals surface area contributed by atoms with Gasteiger partial charge in [-0.05, 0) is 43.7 Å². The Morgan fingerprint density at radius 1 is 1.22 bits per heavy atom. The molecule has 3 aromatic rings. The lowest BCUT2D eigenvalue weighted by Crippen LogP contribution is -2.63. The minimum atomic E-state index is -4.68. The Morgan fingerprint density at radius 3 is 2.53 bits per heavy atom. The Hall–Kier alpha value is -2.45. The van der Waals surface area contributed by atoms with Gasteiger partial charge in [0.15, 0.2) is 0 Å². The Labute approximate surface area is 181 Å². The van der Waals surface area contributed by atoms with Gasteiger partial charge in [-0.25, -0.2) is 14.4 Å².